The second-order valence-electron chi connectivity index (χ2n) is 11.7. The first-order valence-electron chi connectivity index (χ1n) is 14.3. The minimum Gasteiger partial charge on any atom is -0.276 e. The van der Waals surface area contributed by atoms with Crippen LogP contribution in [0, 0.1) is 0 Å². The van der Waals surface area contributed by atoms with Gasteiger partial charge in [0.1, 0.15) is 0 Å². The van der Waals surface area contributed by atoms with Crippen LogP contribution in [0.25, 0.3) is 65.6 Å². The summed E-state index contributed by atoms with van der Waals surface area (Å²) < 4.78 is 3.64. The van der Waals surface area contributed by atoms with Gasteiger partial charge in [-0.1, -0.05) is 110 Å². The molecule has 0 N–H and O–H groups in total. The van der Waals surface area contributed by atoms with Gasteiger partial charge in [-0.05, 0) is 30.5 Å². The third-order valence-electron chi connectivity index (χ3n) is 9.09. The van der Waals surface area contributed by atoms with Gasteiger partial charge in [0.15, 0.2) is 0 Å². The standard InChI is InChI=1S/C37H27N3S/c1-37(2)28-17-9-6-15-25(28)31-27-21-20-24-23-14-8-11-19-30(23)40(33(24)34(27)41-35(31)37)36-38-29-18-10-7-16-26(29)32(39-36)22-12-4-3-5-13-22/h3-8,10-16,18-21H,9,17H2,1-2H3. The van der Waals surface area contributed by atoms with Crippen molar-refractivity contribution in [1.82, 2.24) is 14.5 Å². The van der Waals surface area contributed by atoms with E-state index in [1.54, 1.807) is 5.57 Å². The highest BCUT2D eigenvalue weighted by Crippen LogP contribution is 2.57. The number of benzene rings is 4. The number of thiophene rings is 1. The Hall–Kier alpha value is -4.54. The van der Waals surface area contributed by atoms with Gasteiger partial charge in [-0.2, -0.15) is 0 Å². The van der Waals surface area contributed by atoms with Crippen LogP contribution >= 0.6 is 11.3 Å². The third-order valence-corrected chi connectivity index (χ3v) is 10.6. The lowest BCUT2D eigenvalue weighted by Crippen LogP contribution is -2.16. The zero-order chi connectivity index (χ0) is 27.3. The molecule has 7 aromatic rings. The maximum absolute atomic E-state index is 5.31. The van der Waals surface area contributed by atoms with Gasteiger partial charge in [0.2, 0.25) is 5.95 Å². The van der Waals surface area contributed by atoms with E-state index in [0.29, 0.717) is 5.95 Å². The van der Waals surface area contributed by atoms with Crippen LogP contribution in [0.2, 0.25) is 0 Å². The molecule has 0 bridgehead atoms. The first kappa shape index (κ1) is 23.2. The summed E-state index contributed by atoms with van der Waals surface area (Å²) in [6, 6.07) is 32.2. The SMILES string of the molecule is CC1(C)C2=C(C=CCC2)c2c1sc1c2ccc2c3ccccc3n(-c3nc(-c4ccccc4)c4ccccc4n3)c21. The molecule has 4 heteroatoms. The number of fused-ring (bicyclic) bond motifs is 9. The summed E-state index contributed by atoms with van der Waals surface area (Å²) >= 11 is 1.97. The molecule has 0 fully saturated rings. The first-order chi connectivity index (χ1) is 20.1. The summed E-state index contributed by atoms with van der Waals surface area (Å²) in [7, 11) is 0. The average molecular weight is 546 g/mol. The molecule has 41 heavy (non-hydrogen) atoms. The van der Waals surface area contributed by atoms with Gasteiger partial charge in [0, 0.05) is 43.0 Å². The fourth-order valence-corrected chi connectivity index (χ4v) is 8.67. The first-order valence-corrected chi connectivity index (χ1v) is 15.1. The minimum atomic E-state index is 0.0439. The van der Waals surface area contributed by atoms with Gasteiger partial charge < -0.3 is 0 Å². The van der Waals surface area contributed by atoms with E-state index in [1.165, 1.54) is 42.4 Å². The largest absolute Gasteiger partial charge is 0.276 e. The fourth-order valence-electron chi connectivity index (χ4n) is 7.18. The Balaban J connectivity index is 1.43. The Morgan fingerprint density at radius 1 is 0.756 bits per heavy atom. The van der Waals surface area contributed by atoms with E-state index in [2.05, 4.69) is 122 Å². The molecule has 2 aliphatic rings. The predicted octanol–water partition coefficient (Wildman–Crippen LogP) is 10.0. The topological polar surface area (TPSA) is 30.7 Å². The van der Waals surface area contributed by atoms with E-state index in [4.69, 9.17) is 9.97 Å². The van der Waals surface area contributed by atoms with Crippen LogP contribution in [0.5, 0.6) is 0 Å². The molecule has 3 heterocycles. The molecule has 0 unspecified atom stereocenters. The van der Waals surface area contributed by atoms with Crippen molar-refractivity contribution in [3.8, 4) is 17.2 Å². The predicted molar refractivity (Wildman–Crippen MR) is 173 cm³/mol. The van der Waals surface area contributed by atoms with E-state index >= 15 is 0 Å². The Morgan fingerprint density at radius 2 is 1.51 bits per heavy atom. The monoisotopic (exact) mass is 545 g/mol. The normalized spacial score (nSPS) is 15.9. The molecule has 0 saturated carbocycles. The van der Waals surface area contributed by atoms with E-state index in [9.17, 15) is 0 Å². The molecular weight excluding hydrogens is 518 g/mol. The van der Waals surface area contributed by atoms with Crippen molar-refractivity contribution in [3.05, 3.63) is 119 Å². The third kappa shape index (κ3) is 3.08. The molecular formula is C37H27N3S. The van der Waals surface area contributed by atoms with Crippen LogP contribution in [0.1, 0.15) is 37.1 Å². The van der Waals surface area contributed by atoms with Crippen LogP contribution in [-0.2, 0) is 5.41 Å². The number of hydrogen-bond donors (Lipinski definition) is 0. The van der Waals surface area contributed by atoms with Crippen LogP contribution in [0.4, 0.5) is 0 Å². The number of aromatic nitrogens is 3. The smallest absolute Gasteiger partial charge is 0.235 e. The zero-order valence-corrected chi connectivity index (χ0v) is 23.8. The molecule has 0 spiro atoms. The summed E-state index contributed by atoms with van der Waals surface area (Å²) in [5.74, 6) is 0.714. The van der Waals surface area contributed by atoms with Crippen LogP contribution < -0.4 is 0 Å². The van der Waals surface area contributed by atoms with Crippen molar-refractivity contribution in [3.63, 3.8) is 0 Å². The molecule has 4 aromatic carbocycles. The summed E-state index contributed by atoms with van der Waals surface area (Å²) in [6.45, 7) is 4.82. The molecule has 0 saturated heterocycles. The number of rotatable bonds is 2. The molecule has 9 rings (SSSR count). The molecule has 2 aliphatic carbocycles. The summed E-state index contributed by atoms with van der Waals surface area (Å²) in [5.41, 5.74) is 9.86. The van der Waals surface area contributed by atoms with Gasteiger partial charge in [-0.3, -0.25) is 4.57 Å². The molecule has 0 aliphatic heterocycles. The number of hydrogen-bond acceptors (Lipinski definition) is 3. The molecule has 196 valence electrons. The van der Waals surface area contributed by atoms with E-state index in [0.717, 1.165) is 40.5 Å². The maximum atomic E-state index is 5.31. The minimum absolute atomic E-state index is 0.0439. The Labute approximate surface area is 242 Å². The van der Waals surface area contributed by atoms with E-state index < -0.39 is 0 Å². The maximum Gasteiger partial charge on any atom is 0.235 e. The van der Waals surface area contributed by atoms with Gasteiger partial charge in [-0.15, -0.1) is 11.3 Å². The van der Waals surface area contributed by atoms with Crippen molar-refractivity contribution in [1.29, 1.82) is 0 Å². The van der Waals surface area contributed by atoms with Crippen LogP contribution in [-0.4, -0.2) is 14.5 Å². The molecule has 3 nitrogen and oxygen atoms in total. The lowest BCUT2D eigenvalue weighted by Gasteiger charge is -2.24. The van der Waals surface area contributed by atoms with Crippen LogP contribution in [0.15, 0.2) is 109 Å². The molecule has 3 aromatic heterocycles. The van der Waals surface area contributed by atoms with Gasteiger partial charge in [0.25, 0.3) is 0 Å². The van der Waals surface area contributed by atoms with Crippen molar-refractivity contribution in [2.24, 2.45) is 0 Å². The van der Waals surface area contributed by atoms with Gasteiger partial charge >= 0.3 is 0 Å². The molecule has 0 atom stereocenters. The number of para-hydroxylation sites is 2. The highest BCUT2D eigenvalue weighted by molar-refractivity contribution is 7.20. The quantitative estimate of drug-likeness (QED) is 0.216. The summed E-state index contributed by atoms with van der Waals surface area (Å²) in [4.78, 5) is 12.0. The second kappa shape index (κ2) is 8.25. The zero-order valence-electron chi connectivity index (χ0n) is 23.0. The lowest BCUT2D eigenvalue weighted by molar-refractivity contribution is 0.619. The fraction of sp³-hybridized carbons (Fsp3) is 0.135. The lowest BCUT2D eigenvalue weighted by atomic mass is 9.82. The van der Waals surface area contributed by atoms with Crippen molar-refractivity contribution in [2.75, 3.05) is 0 Å². The Morgan fingerprint density at radius 3 is 2.39 bits per heavy atom. The number of nitrogens with zero attached hydrogens (tertiary/aromatic N) is 3. The number of allylic oxidation sites excluding steroid dienone is 4. The summed E-state index contributed by atoms with van der Waals surface area (Å²) in [5, 5.41) is 4.88. The van der Waals surface area contributed by atoms with Gasteiger partial charge in [-0.25, -0.2) is 9.97 Å². The highest BCUT2D eigenvalue weighted by atomic mass is 32.1. The average Bonchev–Trinajstić information content (AvgIpc) is 3.64. The molecule has 0 radical (unpaired) electrons. The van der Waals surface area contributed by atoms with Crippen LogP contribution in [0.3, 0.4) is 0 Å². The van der Waals surface area contributed by atoms with E-state index in [1.807, 2.05) is 11.3 Å². The van der Waals surface area contributed by atoms with Crippen molar-refractivity contribution in [2.45, 2.75) is 32.1 Å². The second-order valence-corrected chi connectivity index (χ2v) is 12.7. The highest BCUT2D eigenvalue weighted by Gasteiger charge is 2.40. The molecule has 0 amide bonds. The summed E-state index contributed by atoms with van der Waals surface area (Å²) in [6.07, 6.45) is 7.00. The Bertz CT molecular complexity index is 2280. The van der Waals surface area contributed by atoms with Gasteiger partial charge in [0.05, 0.1) is 26.9 Å². The van der Waals surface area contributed by atoms with E-state index in [-0.39, 0.29) is 5.41 Å². The van der Waals surface area contributed by atoms with Crippen molar-refractivity contribution < 1.29 is 0 Å². The Kier molecular flexibility index (Phi) is 4.66. The van der Waals surface area contributed by atoms with Crippen molar-refractivity contribution >= 4 is 59.7 Å².